The molecule has 1 unspecified atom stereocenters. The van der Waals surface area contributed by atoms with Crippen LogP contribution in [0.5, 0.6) is 0 Å². The van der Waals surface area contributed by atoms with Gasteiger partial charge in [-0.15, -0.1) is 5.92 Å². The molecule has 0 amide bonds. The second-order valence-corrected chi connectivity index (χ2v) is 4.44. The molecule has 3 heteroatoms. The molecule has 14 heavy (non-hydrogen) atoms. The van der Waals surface area contributed by atoms with Crippen molar-refractivity contribution >= 4 is 0 Å². The molecule has 0 spiro atoms. The van der Waals surface area contributed by atoms with E-state index in [1.807, 2.05) is 6.92 Å². The fraction of sp³-hybridized carbons (Fsp3) is 0.818. The van der Waals surface area contributed by atoms with Crippen LogP contribution in [0, 0.1) is 17.3 Å². The lowest BCUT2D eigenvalue weighted by Gasteiger charge is -2.39. The summed E-state index contributed by atoms with van der Waals surface area (Å²) in [4.78, 5) is 0. The van der Waals surface area contributed by atoms with Crippen molar-refractivity contribution in [2.75, 3.05) is 26.3 Å². The molecule has 1 aliphatic heterocycles. The molecule has 0 aliphatic carbocycles. The SMILES string of the molecule is CC#CCNC1(CN)COCC1(C)C. The lowest BCUT2D eigenvalue weighted by atomic mass is 9.75. The summed E-state index contributed by atoms with van der Waals surface area (Å²) in [5, 5.41) is 3.41. The Kier molecular flexibility index (Phi) is 3.54. The summed E-state index contributed by atoms with van der Waals surface area (Å²) in [6.45, 7) is 8.91. The van der Waals surface area contributed by atoms with Crippen molar-refractivity contribution in [2.24, 2.45) is 11.1 Å². The molecule has 0 aromatic carbocycles. The number of nitrogens with two attached hydrogens (primary N) is 1. The van der Waals surface area contributed by atoms with Gasteiger partial charge in [0.2, 0.25) is 0 Å². The van der Waals surface area contributed by atoms with E-state index in [0.717, 1.165) is 6.61 Å². The summed E-state index contributed by atoms with van der Waals surface area (Å²) >= 11 is 0. The summed E-state index contributed by atoms with van der Waals surface area (Å²) < 4.78 is 5.51. The molecule has 1 rings (SSSR count). The molecule has 1 heterocycles. The van der Waals surface area contributed by atoms with Gasteiger partial charge >= 0.3 is 0 Å². The van der Waals surface area contributed by atoms with Crippen molar-refractivity contribution in [3.8, 4) is 11.8 Å². The van der Waals surface area contributed by atoms with E-state index in [0.29, 0.717) is 19.7 Å². The van der Waals surface area contributed by atoms with Gasteiger partial charge in [-0.1, -0.05) is 19.8 Å². The average molecular weight is 196 g/mol. The number of hydrogen-bond acceptors (Lipinski definition) is 3. The highest BCUT2D eigenvalue weighted by molar-refractivity contribution is 5.08. The predicted octanol–water partition coefficient (Wildman–Crippen LogP) is 0.353. The van der Waals surface area contributed by atoms with Crippen LogP contribution in [0.4, 0.5) is 0 Å². The number of hydrogen-bond donors (Lipinski definition) is 2. The fourth-order valence-electron chi connectivity index (χ4n) is 1.81. The molecule has 3 nitrogen and oxygen atoms in total. The summed E-state index contributed by atoms with van der Waals surface area (Å²) in [6, 6.07) is 0. The minimum absolute atomic E-state index is 0.0805. The van der Waals surface area contributed by atoms with Gasteiger partial charge in [0.15, 0.2) is 0 Å². The molecule has 1 saturated heterocycles. The maximum atomic E-state index is 5.84. The summed E-state index contributed by atoms with van der Waals surface area (Å²) in [5.74, 6) is 5.87. The van der Waals surface area contributed by atoms with E-state index in [9.17, 15) is 0 Å². The van der Waals surface area contributed by atoms with Gasteiger partial charge < -0.3 is 10.5 Å². The Morgan fingerprint density at radius 3 is 2.57 bits per heavy atom. The van der Waals surface area contributed by atoms with Crippen LogP contribution in [0.15, 0.2) is 0 Å². The van der Waals surface area contributed by atoms with E-state index in [2.05, 4.69) is 31.0 Å². The summed E-state index contributed by atoms with van der Waals surface area (Å²) in [7, 11) is 0. The quantitative estimate of drug-likeness (QED) is 0.640. The van der Waals surface area contributed by atoms with Crippen LogP contribution in [-0.4, -0.2) is 31.8 Å². The molecule has 0 aromatic heterocycles. The van der Waals surface area contributed by atoms with E-state index >= 15 is 0 Å². The smallest absolute Gasteiger partial charge is 0.0667 e. The van der Waals surface area contributed by atoms with Crippen molar-refractivity contribution in [1.29, 1.82) is 0 Å². The highest BCUT2D eigenvalue weighted by atomic mass is 16.5. The first-order valence-electron chi connectivity index (χ1n) is 5.00. The molecule has 3 N–H and O–H groups in total. The van der Waals surface area contributed by atoms with E-state index in [-0.39, 0.29) is 11.0 Å². The van der Waals surface area contributed by atoms with E-state index in [1.165, 1.54) is 0 Å². The molecule has 80 valence electrons. The van der Waals surface area contributed by atoms with Crippen LogP contribution in [0.2, 0.25) is 0 Å². The first-order chi connectivity index (χ1) is 6.58. The molecule has 0 bridgehead atoms. The Bertz CT molecular complexity index is 252. The van der Waals surface area contributed by atoms with Gasteiger partial charge in [-0.25, -0.2) is 0 Å². The molecule has 0 saturated carbocycles. The van der Waals surface area contributed by atoms with Gasteiger partial charge in [-0.05, 0) is 6.92 Å². The Labute approximate surface area is 86.4 Å². The van der Waals surface area contributed by atoms with Crippen molar-refractivity contribution in [3.63, 3.8) is 0 Å². The minimum Gasteiger partial charge on any atom is -0.379 e. The zero-order valence-electron chi connectivity index (χ0n) is 9.31. The van der Waals surface area contributed by atoms with E-state index < -0.39 is 0 Å². The lowest BCUT2D eigenvalue weighted by molar-refractivity contribution is 0.166. The average Bonchev–Trinajstić information content (AvgIpc) is 2.43. The molecule has 0 radical (unpaired) electrons. The van der Waals surface area contributed by atoms with Crippen LogP contribution in [-0.2, 0) is 4.74 Å². The van der Waals surface area contributed by atoms with Crippen LogP contribution in [0.25, 0.3) is 0 Å². The second kappa shape index (κ2) is 4.31. The summed E-state index contributed by atoms with van der Waals surface area (Å²) in [5.41, 5.74) is 5.80. The highest BCUT2D eigenvalue weighted by Crippen LogP contribution is 2.36. The molecule has 0 aromatic rings. The standard InChI is InChI=1S/C11H20N2O/c1-4-5-6-13-11(7-12)9-14-8-10(11,2)3/h13H,6-9,12H2,1-3H3. The van der Waals surface area contributed by atoms with Gasteiger partial charge in [-0.2, -0.15) is 0 Å². The molecular formula is C11H20N2O. The van der Waals surface area contributed by atoms with E-state index in [1.54, 1.807) is 0 Å². The van der Waals surface area contributed by atoms with E-state index in [4.69, 9.17) is 10.5 Å². The fourth-order valence-corrected chi connectivity index (χ4v) is 1.81. The van der Waals surface area contributed by atoms with Crippen molar-refractivity contribution in [2.45, 2.75) is 26.3 Å². The van der Waals surface area contributed by atoms with Gasteiger partial charge in [0.1, 0.15) is 0 Å². The topological polar surface area (TPSA) is 47.3 Å². The zero-order valence-corrected chi connectivity index (χ0v) is 9.31. The Balaban J connectivity index is 2.68. The minimum atomic E-state index is -0.114. The van der Waals surface area contributed by atoms with Crippen molar-refractivity contribution < 1.29 is 4.74 Å². The van der Waals surface area contributed by atoms with Gasteiger partial charge in [0.05, 0.1) is 25.3 Å². The van der Waals surface area contributed by atoms with Gasteiger partial charge in [0, 0.05) is 12.0 Å². The summed E-state index contributed by atoms with van der Waals surface area (Å²) in [6.07, 6.45) is 0. The maximum Gasteiger partial charge on any atom is 0.0667 e. The lowest BCUT2D eigenvalue weighted by Crippen LogP contribution is -2.60. The maximum absolute atomic E-state index is 5.84. The third kappa shape index (κ3) is 1.93. The normalized spacial score (nSPS) is 29.7. The Hall–Kier alpha value is -0.560. The monoisotopic (exact) mass is 196 g/mol. The molecular weight excluding hydrogens is 176 g/mol. The number of ether oxygens (including phenoxy) is 1. The second-order valence-electron chi connectivity index (χ2n) is 4.44. The molecule has 1 fully saturated rings. The third-order valence-corrected chi connectivity index (χ3v) is 3.15. The Morgan fingerprint density at radius 2 is 2.14 bits per heavy atom. The zero-order chi connectivity index (χ0) is 10.7. The number of rotatable bonds is 3. The first kappa shape index (κ1) is 11.5. The van der Waals surface area contributed by atoms with Gasteiger partial charge in [-0.3, -0.25) is 5.32 Å². The third-order valence-electron chi connectivity index (χ3n) is 3.15. The van der Waals surface area contributed by atoms with Gasteiger partial charge in [0.25, 0.3) is 0 Å². The molecule has 1 atom stereocenters. The first-order valence-corrected chi connectivity index (χ1v) is 5.00. The van der Waals surface area contributed by atoms with Crippen LogP contribution >= 0.6 is 0 Å². The Morgan fingerprint density at radius 1 is 1.43 bits per heavy atom. The van der Waals surface area contributed by atoms with Crippen LogP contribution in [0.1, 0.15) is 20.8 Å². The van der Waals surface area contributed by atoms with Crippen LogP contribution in [0.3, 0.4) is 0 Å². The largest absolute Gasteiger partial charge is 0.379 e. The van der Waals surface area contributed by atoms with Crippen molar-refractivity contribution in [1.82, 2.24) is 5.32 Å². The highest BCUT2D eigenvalue weighted by Gasteiger charge is 2.48. The predicted molar refractivity (Wildman–Crippen MR) is 57.8 cm³/mol. The number of nitrogens with one attached hydrogen (secondary N) is 1. The van der Waals surface area contributed by atoms with Crippen LogP contribution < -0.4 is 11.1 Å². The molecule has 1 aliphatic rings. The van der Waals surface area contributed by atoms with Crippen molar-refractivity contribution in [3.05, 3.63) is 0 Å².